The molecule has 1 aliphatic heterocycles. The summed E-state index contributed by atoms with van der Waals surface area (Å²) in [6, 6.07) is 10.7. The fourth-order valence-corrected chi connectivity index (χ4v) is 6.51. The van der Waals surface area contributed by atoms with Crippen molar-refractivity contribution in [2.75, 3.05) is 11.9 Å². The van der Waals surface area contributed by atoms with E-state index >= 15 is 0 Å². The molecule has 0 bridgehead atoms. The molecule has 2 aromatic carbocycles. The van der Waals surface area contributed by atoms with E-state index in [9.17, 15) is 17.6 Å². The van der Waals surface area contributed by atoms with E-state index in [0.717, 1.165) is 16.9 Å². The highest BCUT2D eigenvalue weighted by molar-refractivity contribution is 7.89. The summed E-state index contributed by atoms with van der Waals surface area (Å²) < 4.78 is 42.0. The zero-order valence-corrected chi connectivity index (χ0v) is 18.6. The van der Waals surface area contributed by atoms with E-state index in [4.69, 9.17) is 0 Å². The number of sulfonamides is 1. The maximum absolute atomic E-state index is 13.8. The normalized spacial score (nSPS) is 17.1. The topological polar surface area (TPSA) is 92.3 Å². The molecule has 1 fully saturated rings. The summed E-state index contributed by atoms with van der Waals surface area (Å²) in [6.45, 7) is 4.00. The lowest BCUT2D eigenvalue weighted by molar-refractivity contribution is 0.102. The van der Waals surface area contributed by atoms with Gasteiger partial charge in [-0.3, -0.25) is 4.79 Å². The molecule has 0 radical (unpaired) electrons. The minimum absolute atomic E-state index is 0.0456. The zero-order valence-electron chi connectivity index (χ0n) is 17.0. The van der Waals surface area contributed by atoms with Gasteiger partial charge in [0.25, 0.3) is 5.91 Å². The van der Waals surface area contributed by atoms with E-state index in [1.165, 1.54) is 22.5 Å². The number of benzene rings is 2. The van der Waals surface area contributed by atoms with Crippen LogP contribution >= 0.6 is 11.3 Å². The van der Waals surface area contributed by atoms with E-state index in [-0.39, 0.29) is 15.6 Å². The van der Waals surface area contributed by atoms with Crippen molar-refractivity contribution in [3.05, 3.63) is 69.4 Å². The fourth-order valence-electron chi connectivity index (χ4n) is 3.59. The first-order valence-electron chi connectivity index (χ1n) is 9.76. The van der Waals surface area contributed by atoms with Crippen LogP contribution in [0, 0.1) is 19.7 Å². The first kappa shape index (κ1) is 21.5. The van der Waals surface area contributed by atoms with Crippen molar-refractivity contribution in [1.82, 2.24) is 14.5 Å². The second kappa shape index (κ2) is 8.45. The number of amides is 1. The Hall–Kier alpha value is -2.69. The summed E-state index contributed by atoms with van der Waals surface area (Å²) in [5.74, 6) is -1.14. The second-order valence-corrected chi connectivity index (χ2v) is 10.3. The number of aromatic nitrogens is 2. The van der Waals surface area contributed by atoms with Gasteiger partial charge in [0.2, 0.25) is 15.0 Å². The fraction of sp³-hybridized carbons (Fsp3) is 0.286. The summed E-state index contributed by atoms with van der Waals surface area (Å²) in [6.07, 6.45) is 1.28. The van der Waals surface area contributed by atoms with Crippen LogP contribution in [-0.4, -0.2) is 35.4 Å². The Balaban J connectivity index is 1.59. The first-order valence-corrected chi connectivity index (χ1v) is 12.0. The smallest absolute Gasteiger partial charge is 0.286 e. The van der Waals surface area contributed by atoms with Crippen LogP contribution in [0.4, 0.5) is 10.1 Å². The van der Waals surface area contributed by atoms with Gasteiger partial charge in [0.15, 0.2) is 0 Å². The van der Waals surface area contributed by atoms with Crippen molar-refractivity contribution < 1.29 is 17.6 Å². The number of hydrogen-bond acceptors (Lipinski definition) is 6. The Morgan fingerprint density at radius 2 is 1.97 bits per heavy atom. The Bertz CT molecular complexity index is 1240. The number of anilines is 1. The lowest BCUT2D eigenvalue weighted by Crippen LogP contribution is -2.31. The molecule has 0 aliphatic carbocycles. The molecular weight excluding hydrogens is 439 g/mol. The van der Waals surface area contributed by atoms with Gasteiger partial charge >= 0.3 is 0 Å². The third kappa shape index (κ3) is 4.23. The third-order valence-electron chi connectivity index (χ3n) is 5.18. The minimum Gasteiger partial charge on any atom is -0.317 e. The summed E-state index contributed by atoms with van der Waals surface area (Å²) in [4.78, 5) is 12.8. The molecule has 2 heterocycles. The van der Waals surface area contributed by atoms with Gasteiger partial charge in [-0.05, 0) is 56.0 Å². The van der Waals surface area contributed by atoms with Gasteiger partial charge in [0, 0.05) is 6.54 Å². The number of halogens is 1. The van der Waals surface area contributed by atoms with Gasteiger partial charge < -0.3 is 5.32 Å². The number of carbonyl (C=O) groups excluding carboxylic acids is 1. The predicted octanol–water partition coefficient (Wildman–Crippen LogP) is 4.07. The van der Waals surface area contributed by atoms with E-state index in [2.05, 4.69) is 15.5 Å². The van der Waals surface area contributed by atoms with E-state index < -0.39 is 27.8 Å². The molecule has 3 aromatic rings. The quantitative estimate of drug-likeness (QED) is 0.620. The maximum atomic E-state index is 13.8. The lowest BCUT2D eigenvalue weighted by atomic mass is 10.2. The van der Waals surface area contributed by atoms with E-state index in [0.29, 0.717) is 30.0 Å². The lowest BCUT2D eigenvalue weighted by Gasteiger charge is -2.23. The first-order chi connectivity index (χ1) is 14.8. The summed E-state index contributed by atoms with van der Waals surface area (Å²) in [7, 11) is -3.73. The Morgan fingerprint density at radius 1 is 1.19 bits per heavy atom. The number of rotatable bonds is 5. The molecule has 1 saturated heterocycles. The SMILES string of the molecule is Cc1ccc(C)c(S(=O)(=O)N2CCC[C@@H]2c2nnc(C(=O)Nc3ccccc3F)s2)c1. The van der Waals surface area contributed by atoms with Crippen LogP contribution in [0.5, 0.6) is 0 Å². The van der Waals surface area contributed by atoms with Gasteiger partial charge in [-0.1, -0.05) is 35.6 Å². The molecule has 1 aromatic heterocycles. The Morgan fingerprint density at radius 3 is 2.74 bits per heavy atom. The van der Waals surface area contributed by atoms with Gasteiger partial charge in [-0.25, -0.2) is 12.8 Å². The molecule has 162 valence electrons. The predicted molar refractivity (Wildman–Crippen MR) is 116 cm³/mol. The molecule has 1 aliphatic rings. The molecular formula is C21H21FN4O3S2. The zero-order chi connectivity index (χ0) is 22.2. The Kier molecular flexibility index (Phi) is 5.87. The maximum Gasteiger partial charge on any atom is 0.286 e. The van der Waals surface area contributed by atoms with E-state index in [1.807, 2.05) is 13.0 Å². The molecule has 1 atom stereocenters. The van der Waals surface area contributed by atoms with Gasteiger partial charge in [-0.2, -0.15) is 4.31 Å². The molecule has 0 unspecified atom stereocenters. The van der Waals surface area contributed by atoms with Crippen molar-refractivity contribution in [1.29, 1.82) is 0 Å². The van der Waals surface area contributed by atoms with E-state index in [1.54, 1.807) is 25.1 Å². The number of nitrogens with zero attached hydrogens (tertiary/aromatic N) is 3. The number of para-hydroxylation sites is 1. The minimum atomic E-state index is -3.73. The molecule has 0 saturated carbocycles. The Labute approximate surface area is 184 Å². The number of nitrogens with one attached hydrogen (secondary N) is 1. The van der Waals surface area contributed by atoms with Crippen LogP contribution in [0.2, 0.25) is 0 Å². The van der Waals surface area contributed by atoms with Crippen molar-refractivity contribution in [3.63, 3.8) is 0 Å². The highest BCUT2D eigenvalue weighted by Crippen LogP contribution is 2.38. The average Bonchev–Trinajstić information content (AvgIpc) is 3.41. The number of carbonyl (C=O) groups is 1. The molecule has 0 spiro atoms. The molecule has 1 amide bonds. The number of hydrogen-bond donors (Lipinski definition) is 1. The summed E-state index contributed by atoms with van der Waals surface area (Å²) >= 11 is 1.02. The third-order valence-corrected chi connectivity index (χ3v) is 8.25. The van der Waals surface area contributed by atoms with Crippen LogP contribution in [-0.2, 0) is 10.0 Å². The highest BCUT2D eigenvalue weighted by Gasteiger charge is 2.39. The average molecular weight is 461 g/mol. The van der Waals surface area contributed by atoms with Crippen LogP contribution in [0.15, 0.2) is 47.4 Å². The number of aryl methyl sites for hydroxylation is 2. The second-order valence-electron chi connectivity index (χ2n) is 7.42. The van der Waals surface area contributed by atoms with Crippen molar-refractivity contribution in [3.8, 4) is 0 Å². The largest absolute Gasteiger partial charge is 0.317 e. The standard InChI is InChI=1S/C21H21FN4O3S2/c1-13-9-10-14(2)18(12-13)31(28,29)26-11-5-8-17(26)20-24-25-21(30-20)19(27)23-16-7-4-3-6-15(16)22/h3-4,6-7,9-10,12,17H,5,8,11H2,1-2H3,(H,23,27)/t17-/m1/s1. The molecule has 7 nitrogen and oxygen atoms in total. The van der Waals surface area contributed by atoms with Crippen LogP contribution in [0.25, 0.3) is 0 Å². The van der Waals surface area contributed by atoms with Crippen LogP contribution in [0.3, 0.4) is 0 Å². The van der Waals surface area contributed by atoms with Gasteiger partial charge in [-0.15, -0.1) is 10.2 Å². The van der Waals surface area contributed by atoms with Crippen molar-refractivity contribution >= 4 is 33.0 Å². The van der Waals surface area contributed by atoms with Gasteiger partial charge in [0.1, 0.15) is 10.8 Å². The van der Waals surface area contributed by atoms with Crippen LogP contribution in [0.1, 0.15) is 44.8 Å². The molecule has 4 rings (SSSR count). The van der Waals surface area contributed by atoms with Gasteiger partial charge in [0.05, 0.1) is 16.6 Å². The van der Waals surface area contributed by atoms with Crippen molar-refractivity contribution in [2.45, 2.75) is 37.6 Å². The molecule has 10 heteroatoms. The molecule has 31 heavy (non-hydrogen) atoms. The van der Waals surface area contributed by atoms with Crippen LogP contribution < -0.4 is 5.32 Å². The monoisotopic (exact) mass is 460 g/mol. The highest BCUT2D eigenvalue weighted by atomic mass is 32.2. The molecule has 1 N–H and O–H groups in total. The van der Waals surface area contributed by atoms with Crippen molar-refractivity contribution in [2.24, 2.45) is 0 Å². The summed E-state index contributed by atoms with van der Waals surface area (Å²) in [5.41, 5.74) is 1.59. The summed E-state index contributed by atoms with van der Waals surface area (Å²) in [5, 5.41) is 11.0.